The van der Waals surface area contributed by atoms with Crippen molar-refractivity contribution in [3.05, 3.63) is 194 Å². The SMILES string of the molecule is COc1cccc(CCN2CCN(C(=O)c3c(C)n(CCCN4CCN(C)CC4)c4ccc(C)cc34)CC2)c1.Cc1ccc2c(c1)c(C(=O)N1CCN(CCc3ccc4c(c3)OCO4)CC1)c(C)n2CCCN1CCN(C)CC1.Cc1ccc2c(c1)c(C(=O)N1CCN(CCc3cccc(F)c3)CC1)c(C)n2CCCN1CCN(C)CC1. The molecule has 6 fully saturated rings. The van der Waals surface area contributed by atoms with Crippen LogP contribution in [0.2, 0.25) is 0 Å². The van der Waals surface area contributed by atoms with E-state index in [1.165, 1.54) is 50.4 Å². The van der Waals surface area contributed by atoms with Crippen molar-refractivity contribution in [2.24, 2.45) is 0 Å². The van der Waals surface area contributed by atoms with Crippen LogP contribution in [0.15, 0.2) is 121 Å². The lowest BCUT2D eigenvalue weighted by atomic mass is 10.1. The Morgan fingerprint density at radius 1 is 0.342 bits per heavy atom. The van der Waals surface area contributed by atoms with E-state index in [0.29, 0.717) is 6.79 Å². The fourth-order valence-corrected chi connectivity index (χ4v) is 18.5. The van der Waals surface area contributed by atoms with Crippen LogP contribution in [0.3, 0.4) is 0 Å². The number of aryl methyl sites for hydroxylation is 6. The van der Waals surface area contributed by atoms with Crippen LogP contribution >= 0.6 is 0 Å². The molecule has 7 aliphatic rings. The van der Waals surface area contributed by atoms with Crippen molar-refractivity contribution in [3.8, 4) is 17.2 Å². The number of fused-ring (bicyclic) bond motifs is 4. The van der Waals surface area contributed by atoms with Crippen molar-refractivity contribution < 1.29 is 33.0 Å². The summed E-state index contributed by atoms with van der Waals surface area (Å²) in [6.45, 7) is 45.7. The Kier molecular flexibility index (Phi) is 28.9. The molecule has 0 N–H and O–H groups in total. The molecular weight excluding hydrogens is 1470 g/mol. The number of ether oxygens (including phenoxy) is 3. The molecule has 0 saturated carbocycles. The molecule has 0 spiro atoms. The molecule has 7 aliphatic heterocycles. The molecule has 0 unspecified atom stereocenters. The molecule has 3 amide bonds. The summed E-state index contributed by atoms with van der Waals surface area (Å²) in [4.78, 5) is 70.2. The van der Waals surface area contributed by atoms with Gasteiger partial charge in [0.15, 0.2) is 11.5 Å². The fraction of sp³-hybridized carbons (Fsp3) is 0.526. The van der Waals surface area contributed by atoms with E-state index >= 15 is 0 Å². The smallest absolute Gasteiger partial charge is 0.256 e. The van der Waals surface area contributed by atoms with E-state index < -0.39 is 0 Å². The number of aromatic nitrogens is 3. The quantitative estimate of drug-likeness (QED) is 0.0537. The van der Waals surface area contributed by atoms with E-state index in [4.69, 9.17) is 14.2 Å². The van der Waals surface area contributed by atoms with Crippen LogP contribution in [0, 0.1) is 47.4 Å². The highest BCUT2D eigenvalue weighted by molar-refractivity contribution is 6.10. The lowest BCUT2D eigenvalue weighted by Gasteiger charge is -2.35. The minimum absolute atomic E-state index is 0.153. The third kappa shape index (κ3) is 21.3. The van der Waals surface area contributed by atoms with Gasteiger partial charge in [0.1, 0.15) is 11.6 Å². The maximum atomic E-state index is 14.0. The number of likely N-dealkylation sites (N-methyl/N-ethyl adjacent to an activating group) is 3. The zero-order valence-corrected chi connectivity index (χ0v) is 71.9. The Bertz CT molecular complexity index is 4830. The van der Waals surface area contributed by atoms with Gasteiger partial charge in [-0.1, -0.05) is 65.2 Å². The number of rotatable bonds is 25. The summed E-state index contributed by atoms with van der Waals surface area (Å²) in [5.41, 5.74) is 16.7. The van der Waals surface area contributed by atoms with Crippen LogP contribution in [0.1, 0.15) is 101 Å². The average molecular weight is 1600 g/mol. The first-order chi connectivity index (χ1) is 56.8. The monoisotopic (exact) mass is 1600 g/mol. The van der Waals surface area contributed by atoms with E-state index in [1.807, 2.05) is 23.1 Å². The Morgan fingerprint density at radius 2 is 0.667 bits per heavy atom. The van der Waals surface area contributed by atoms with Crippen LogP contribution in [-0.4, -0.2) is 322 Å². The van der Waals surface area contributed by atoms with Crippen LogP contribution < -0.4 is 14.2 Å². The van der Waals surface area contributed by atoms with Crippen LogP contribution in [0.4, 0.5) is 4.39 Å². The molecular formula is C95H130FN15O6. The lowest BCUT2D eigenvalue weighted by Crippen LogP contribution is -2.49. The number of carbonyl (C=O) groups excluding carboxylic acids is 3. The maximum absolute atomic E-state index is 14.0. The first-order valence-corrected chi connectivity index (χ1v) is 43.6. The summed E-state index contributed by atoms with van der Waals surface area (Å²) in [7, 11) is 8.31. The van der Waals surface area contributed by atoms with Crippen molar-refractivity contribution in [1.82, 2.24) is 72.5 Å². The second-order valence-electron chi connectivity index (χ2n) is 34.2. The maximum Gasteiger partial charge on any atom is 0.256 e. The number of hydrogen-bond acceptors (Lipinski definition) is 15. The highest BCUT2D eigenvalue weighted by Gasteiger charge is 2.32. The van der Waals surface area contributed by atoms with Crippen molar-refractivity contribution in [1.29, 1.82) is 0 Å². The molecule has 628 valence electrons. The van der Waals surface area contributed by atoms with Gasteiger partial charge in [0.05, 0.1) is 23.8 Å². The summed E-state index contributed by atoms with van der Waals surface area (Å²) in [6, 6.07) is 41.1. The van der Waals surface area contributed by atoms with Gasteiger partial charge in [-0.05, 0) is 210 Å². The van der Waals surface area contributed by atoms with Crippen molar-refractivity contribution in [3.63, 3.8) is 0 Å². The number of piperazine rings is 6. The standard InChI is InChI=1S/C32H43N5O3.C32H45N5O2.C31H42FN5O/c1-24-5-7-28-27(21-24)31(25(2)37(28)11-4-10-34-15-13-33(3)14-16-34)32(38)36-19-17-35(18-20-36)12-9-26-6-8-29-30(22-26)40-23-39-29;1-25-9-10-30-29(23-25)31(26(2)37(30)13-6-12-34-17-15-33(3)16-18-34)32(38)36-21-19-35(20-22-36)14-11-27-7-5-8-28(24-27)39-4;1-24-8-9-29-28(22-24)30(25(2)37(29)12-5-11-34-16-14-33(3)15-17-34)31(38)36-20-18-35(19-21-36)13-10-26-6-4-7-27(32)23-26/h5-8,21-22H,4,9-20,23H2,1-3H3;5,7-10,23-24H,6,11-22H2,1-4H3;4,6-9,22-23H,5,10-21H2,1-3H3. The van der Waals surface area contributed by atoms with E-state index in [-0.39, 0.29) is 23.5 Å². The number of amides is 3. The van der Waals surface area contributed by atoms with Gasteiger partial charge in [0, 0.05) is 246 Å². The van der Waals surface area contributed by atoms with Crippen molar-refractivity contribution in [2.75, 3.05) is 231 Å². The van der Waals surface area contributed by atoms with Gasteiger partial charge in [-0.15, -0.1) is 0 Å². The van der Waals surface area contributed by atoms with E-state index in [9.17, 15) is 18.8 Å². The number of methoxy groups -OCH3 is 1. The molecule has 0 bridgehead atoms. The van der Waals surface area contributed by atoms with Gasteiger partial charge >= 0.3 is 0 Å². The third-order valence-corrected chi connectivity index (χ3v) is 26.0. The number of nitrogens with zero attached hydrogens (tertiary/aromatic N) is 15. The minimum atomic E-state index is -0.179. The Labute approximate surface area is 694 Å². The fourth-order valence-electron chi connectivity index (χ4n) is 18.5. The van der Waals surface area contributed by atoms with Gasteiger partial charge in [-0.3, -0.25) is 29.1 Å². The first-order valence-electron chi connectivity index (χ1n) is 43.6. The van der Waals surface area contributed by atoms with Crippen molar-refractivity contribution >= 4 is 50.4 Å². The zero-order chi connectivity index (χ0) is 81.6. The summed E-state index contributed by atoms with van der Waals surface area (Å²) in [5, 5.41) is 3.30. The number of carbonyl (C=O) groups is 3. The molecule has 0 atom stereocenters. The van der Waals surface area contributed by atoms with Gasteiger partial charge < -0.3 is 72.0 Å². The third-order valence-electron chi connectivity index (χ3n) is 26.0. The molecule has 22 heteroatoms. The Hall–Kier alpha value is -8.68. The number of hydrogen-bond donors (Lipinski definition) is 0. The molecule has 21 nitrogen and oxygen atoms in total. The molecule has 9 aromatic rings. The second-order valence-corrected chi connectivity index (χ2v) is 34.2. The molecule has 16 rings (SSSR count). The molecule has 10 heterocycles. The Morgan fingerprint density at radius 3 is 1.03 bits per heavy atom. The molecule has 0 radical (unpaired) electrons. The van der Waals surface area contributed by atoms with Crippen LogP contribution in [-0.2, 0) is 38.9 Å². The van der Waals surface area contributed by atoms with Crippen LogP contribution in [0.5, 0.6) is 17.2 Å². The number of halogens is 1. The summed E-state index contributed by atoms with van der Waals surface area (Å²) in [5.74, 6) is 2.93. The first kappa shape index (κ1) is 84.8. The normalized spacial score (nSPS) is 18.1. The predicted octanol–water partition coefficient (Wildman–Crippen LogP) is 11.6. The molecule has 3 aromatic heterocycles. The van der Waals surface area contributed by atoms with Crippen molar-refractivity contribution in [2.45, 2.75) is 99.7 Å². The number of benzene rings is 6. The van der Waals surface area contributed by atoms with E-state index in [1.54, 1.807) is 19.2 Å². The highest BCUT2D eigenvalue weighted by atomic mass is 19.1. The van der Waals surface area contributed by atoms with Gasteiger partial charge in [-0.2, -0.15) is 0 Å². The highest BCUT2D eigenvalue weighted by Crippen LogP contribution is 2.35. The topological polar surface area (TPSA) is 133 Å². The molecule has 0 aliphatic carbocycles. The summed E-state index contributed by atoms with van der Waals surface area (Å²) >= 11 is 0. The second kappa shape index (κ2) is 39.9. The van der Waals surface area contributed by atoms with Gasteiger partial charge in [0.2, 0.25) is 6.79 Å². The minimum Gasteiger partial charge on any atom is -0.497 e. The predicted molar refractivity (Wildman–Crippen MR) is 470 cm³/mol. The van der Waals surface area contributed by atoms with Gasteiger partial charge in [0.25, 0.3) is 17.7 Å². The average Bonchev–Trinajstić information content (AvgIpc) is 1.62. The molecule has 117 heavy (non-hydrogen) atoms. The van der Waals surface area contributed by atoms with E-state index in [0.717, 1.165) is 327 Å². The largest absolute Gasteiger partial charge is 0.497 e. The summed E-state index contributed by atoms with van der Waals surface area (Å²) < 4.78 is 37.0. The zero-order valence-electron chi connectivity index (χ0n) is 71.9. The Balaban J connectivity index is 0.000000145. The molecule has 6 aromatic carbocycles. The van der Waals surface area contributed by atoms with E-state index in [2.05, 4.69) is 215 Å². The molecule has 6 saturated heterocycles. The summed E-state index contributed by atoms with van der Waals surface area (Å²) in [6.07, 6.45) is 6.06. The van der Waals surface area contributed by atoms with Crippen LogP contribution in [0.25, 0.3) is 32.7 Å². The lowest BCUT2D eigenvalue weighted by molar-refractivity contribution is 0.0633. The van der Waals surface area contributed by atoms with Gasteiger partial charge in [-0.25, -0.2) is 4.39 Å².